The van der Waals surface area contributed by atoms with Crippen molar-refractivity contribution in [2.75, 3.05) is 23.8 Å². The number of hydrogen-bond donors (Lipinski definition) is 3. The Hall–Kier alpha value is -2.46. The molecule has 0 radical (unpaired) electrons. The van der Waals surface area contributed by atoms with Crippen molar-refractivity contribution in [1.82, 2.24) is 0 Å². The number of ether oxygens (including phenoxy) is 1. The number of rotatable bonds is 8. The fourth-order valence-corrected chi connectivity index (χ4v) is 4.75. The van der Waals surface area contributed by atoms with Crippen LogP contribution in [0.15, 0.2) is 66.1 Å². The van der Waals surface area contributed by atoms with E-state index >= 15 is 0 Å². The van der Waals surface area contributed by atoms with Gasteiger partial charge < -0.3 is 21.1 Å². The van der Waals surface area contributed by atoms with Gasteiger partial charge in [-0.1, -0.05) is 39.2 Å². The topological polar surface area (TPSA) is 59.3 Å². The molecule has 1 saturated carbocycles. The second kappa shape index (κ2) is 8.23. The number of allylic oxidation sites excluding steroid dienone is 5. The predicted molar refractivity (Wildman–Crippen MR) is 131 cm³/mol. The molecule has 4 heteroatoms. The first kappa shape index (κ1) is 21.8. The number of nitrogens with one attached hydrogen (secondary N) is 2. The molecule has 0 saturated heterocycles. The van der Waals surface area contributed by atoms with Crippen molar-refractivity contribution < 1.29 is 4.74 Å². The molecule has 4 rings (SSSR count). The summed E-state index contributed by atoms with van der Waals surface area (Å²) >= 11 is 0. The van der Waals surface area contributed by atoms with Gasteiger partial charge in [-0.25, -0.2) is 0 Å². The van der Waals surface area contributed by atoms with Gasteiger partial charge in [0.1, 0.15) is 0 Å². The number of anilines is 2. The minimum atomic E-state index is -0.0339. The van der Waals surface area contributed by atoms with Gasteiger partial charge in [0.15, 0.2) is 0 Å². The Morgan fingerprint density at radius 2 is 2.16 bits per heavy atom. The summed E-state index contributed by atoms with van der Waals surface area (Å²) in [7, 11) is 0. The Morgan fingerprint density at radius 3 is 2.81 bits per heavy atom. The average molecular weight is 420 g/mol. The lowest BCUT2D eigenvalue weighted by Crippen LogP contribution is -2.40. The lowest BCUT2D eigenvalue weighted by molar-refractivity contribution is 0.191. The van der Waals surface area contributed by atoms with E-state index in [0.29, 0.717) is 12.6 Å². The quantitative estimate of drug-likeness (QED) is 0.458. The van der Waals surface area contributed by atoms with Crippen LogP contribution in [0.1, 0.15) is 52.0 Å². The van der Waals surface area contributed by atoms with Crippen LogP contribution in [0.25, 0.3) is 0 Å². The third-order valence-electron chi connectivity index (χ3n) is 7.41. The van der Waals surface area contributed by atoms with Crippen LogP contribution in [0.3, 0.4) is 0 Å². The second-order valence-corrected chi connectivity index (χ2v) is 9.99. The van der Waals surface area contributed by atoms with Crippen LogP contribution < -0.4 is 16.4 Å². The normalized spacial score (nSPS) is 22.3. The van der Waals surface area contributed by atoms with E-state index in [2.05, 4.69) is 68.8 Å². The number of nitrogens with two attached hydrogens (primary N) is 1. The molecule has 4 N–H and O–H groups in total. The third-order valence-corrected chi connectivity index (χ3v) is 7.41. The monoisotopic (exact) mass is 419 g/mol. The highest BCUT2D eigenvalue weighted by Crippen LogP contribution is 2.57. The van der Waals surface area contributed by atoms with Gasteiger partial charge in [0, 0.05) is 28.5 Å². The van der Waals surface area contributed by atoms with Crippen LogP contribution >= 0.6 is 0 Å². The lowest BCUT2D eigenvalue weighted by atomic mass is 9.83. The molecule has 4 nitrogen and oxygen atoms in total. The van der Waals surface area contributed by atoms with E-state index in [1.54, 1.807) is 0 Å². The summed E-state index contributed by atoms with van der Waals surface area (Å²) in [4.78, 5) is 0. The van der Waals surface area contributed by atoms with E-state index in [1.165, 1.54) is 22.4 Å². The summed E-state index contributed by atoms with van der Waals surface area (Å²) in [6.45, 7) is 16.6. The van der Waals surface area contributed by atoms with Crippen molar-refractivity contribution in [2.45, 2.75) is 58.9 Å². The van der Waals surface area contributed by atoms with E-state index < -0.39 is 0 Å². The van der Waals surface area contributed by atoms with Gasteiger partial charge in [-0.2, -0.15) is 0 Å². The summed E-state index contributed by atoms with van der Waals surface area (Å²) in [5, 5.41) is 7.28. The highest BCUT2D eigenvalue weighted by Gasteiger charge is 2.48. The number of hydrogen-bond acceptors (Lipinski definition) is 4. The fourth-order valence-electron chi connectivity index (χ4n) is 4.75. The summed E-state index contributed by atoms with van der Waals surface area (Å²) in [5.74, 6) is 1.04. The molecule has 1 fully saturated rings. The molecule has 31 heavy (non-hydrogen) atoms. The third kappa shape index (κ3) is 4.18. The average Bonchev–Trinajstić information content (AvgIpc) is 3.45. The van der Waals surface area contributed by atoms with Crippen molar-refractivity contribution in [3.05, 3.63) is 71.7 Å². The maximum absolute atomic E-state index is 6.00. The smallest absolute Gasteiger partial charge is 0.0960 e. The molecule has 1 atom stereocenters. The second-order valence-electron chi connectivity index (χ2n) is 9.99. The van der Waals surface area contributed by atoms with Gasteiger partial charge in [-0.3, -0.25) is 0 Å². The molecule has 0 bridgehead atoms. The standard InChI is InChI=1S/C27H37N3O/c1-6-22(14-20-8-7-13-31-18(20)2)27(11-12-27)19(3)29-23-9-10-24-21(15-23)16-25(30-24)26(4,5)17-28/h6,9-10,14-15,25,29-30H,1,3,7-8,11-13,16-17,28H2,2,4-5H3/b22-14+. The Kier molecular flexibility index (Phi) is 5.78. The Balaban J connectivity index is 1.50. The minimum absolute atomic E-state index is 0.0339. The first-order valence-corrected chi connectivity index (χ1v) is 11.5. The zero-order valence-electron chi connectivity index (χ0n) is 19.3. The van der Waals surface area contributed by atoms with Crippen LogP contribution in [0, 0.1) is 10.8 Å². The van der Waals surface area contributed by atoms with E-state index in [1.807, 2.05) is 6.08 Å². The van der Waals surface area contributed by atoms with Crippen LogP contribution in [0.5, 0.6) is 0 Å². The van der Waals surface area contributed by atoms with E-state index in [0.717, 1.165) is 55.9 Å². The van der Waals surface area contributed by atoms with Crippen LogP contribution in [0.4, 0.5) is 11.4 Å². The molecule has 0 aromatic heterocycles. The largest absolute Gasteiger partial charge is 0.498 e. The fraction of sp³-hybridized carbons (Fsp3) is 0.481. The van der Waals surface area contributed by atoms with E-state index in [-0.39, 0.29) is 10.8 Å². The highest BCUT2D eigenvalue weighted by molar-refractivity contribution is 5.65. The van der Waals surface area contributed by atoms with Crippen LogP contribution in [0.2, 0.25) is 0 Å². The minimum Gasteiger partial charge on any atom is -0.498 e. The molecule has 0 amide bonds. The molecular weight excluding hydrogens is 382 g/mol. The van der Waals surface area contributed by atoms with Gasteiger partial charge in [0.2, 0.25) is 0 Å². The zero-order valence-corrected chi connectivity index (χ0v) is 19.3. The molecular formula is C27H37N3O. The van der Waals surface area contributed by atoms with Gasteiger partial charge in [-0.05, 0) is 85.9 Å². The van der Waals surface area contributed by atoms with Crippen molar-refractivity contribution in [3.63, 3.8) is 0 Å². The molecule has 1 aromatic rings. The van der Waals surface area contributed by atoms with Gasteiger partial charge in [-0.15, -0.1) is 0 Å². The lowest BCUT2D eigenvalue weighted by Gasteiger charge is -2.30. The highest BCUT2D eigenvalue weighted by atomic mass is 16.5. The first-order valence-electron chi connectivity index (χ1n) is 11.5. The molecule has 1 unspecified atom stereocenters. The molecule has 166 valence electrons. The van der Waals surface area contributed by atoms with Crippen molar-refractivity contribution >= 4 is 11.4 Å². The Bertz CT molecular complexity index is 949. The first-order chi connectivity index (χ1) is 14.8. The zero-order chi connectivity index (χ0) is 22.2. The summed E-state index contributed by atoms with van der Waals surface area (Å²) in [6, 6.07) is 6.94. The van der Waals surface area contributed by atoms with Gasteiger partial charge in [0.05, 0.1) is 12.4 Å². The Morgan fingerprint density at radius 1 is 1.39 bits per heavy atom. The van der Waals surface area contributed by atoms with Crippen LogP contribution in [-0.4, -0.2) is 19.2 Å². The van der Waals surface area contributed by atoms with Gasteiger partial charge in [0.25, 0.3) is 0 Å². The van der Waals surface area contributed by atoms with Crippen molar-refractivity contribution in [1.29, 1.82) is 0 Å². The Labute approximate surface area is 187 Å². The van der Waals surface area contributed by atoms with E-state index in [4.69, 9.17) is 10.5 Å². The summed E-state index contributed by atoms with van der Waals surface area (Å²) < 4.78 is 5.76. The van der Waals surface area contributed by atoms with E-state index in [9.17, 15) is 0 Å². The van der Waals surface area contributed by atoms with Crippen LogP contribution in [-0.2, 0) is 11.2 Å². The SMILES string of the molecule is C=C/C(=C\C1=C(C)OCCC1)C1(C(=C)Nc2ccc3c(c2)CC(C(C)(C)CN)N3)CC1. The molecule has 2 aliphatic heterocycles. The molecule has 2 heterocycles. The van der Waals surface area contributed by atoms with Crippen molar-refractivity contribution in [2.24, 2.45) is 16.6 Å². The molecule has 1 aliphatic carbocycles. The molecule has 3 aliphatic rings. The number of benzene rings is 1. The molecule has 0 spiro atoms. The summed E-state index contributed by atoms with van der Waals surface area (Å²) in [6.07, 6.45) is 9.63. The maximum Gasteiger partial charge on any atom is 0.0960 e. The summed E-state index contributed by atoms with van der Waals surface area (Å²) in [5.41, 5.74) is 13.3. The molecule has 1 aromatic carbocycles. The maximum atomic E-state index is 6.00. The van der Waals surface area contributed by atoms with Crippen molar-refractivity contribution in [3.8, 4) is 0 Å². The predicted octanol–water partition coefficient (Wildman–Crippen LogP) is 5.91. The van der Waals surface area contributed by atoms with Gasteiger partial charge >= 0.3 is 0 Å². The number of fused-ring (bicyclic) bond motifs is 1.